The quantitative estimate of drug-likeness (QED) is 0.841. The van der Waals surface area contributed by atoms with Crippen molar-refractivity contribution in [3.8, 4) is 0 Å². The van der Waals surface area contributed by atoms with E-state index in [1.165, 1.54) is 12.1 Å². The third-order valence-corrected chi connectivity index (χ3v) is 4.69. The van der Waals surface area contributed by atoms with Gasteiger partial charge in [-0.3, -0.25) is 9.69 Å². The van der Waals surface area contributed by atoms with Gasteiger partial charge in [-0.05, 0) is 57.5 Å². The molecule has 1 unspecified atom stereocenters. The second kappa shape index (κ2) is 5.97. The Morgan fingerprint density at radius 2 is 1.95 bits per heavy atom. The number of hydrogen-bond acceptors (Lipinski definition) is 3. The molecule has 2 aliphatic rings. The van der Waals surface area contributed by atoms with Gasteiger partial charge in [0.25, 0.3) is 5.91 Å². The first kappa shape index (κ1) is 15.4. The van der Waals surface area contributed by atoms with Crippen molar-refractivity contribution >= 4 is 11.6 Å². The molecule has 0 N–H and O–H groups in total. The summed E-state index contributed by atoms with van der Waals surface area (Å²) in [5.41, 5.74) is 0.445. The zero-order chi connectivity index (χ0) is 15.7. The largest absolute Gasteiger partial charge is 0.362 e. The normalized spacial score (nSPS) is 26.9. The van der Waals surface area contributed by atoms with Crippen LogP contribution >= 0.6 is 0 Å². The summed E-state index contributed by atoms with van der Waals surface area (Å²) in [6.45, 7) is 6.93. The molecule has 1 spiro atoms. The van der Waals surface area contributed by atoms with E-state index in [9.17, 15) is 9.18 Å². The smallest absolute Gasteiger partial charge is 0.253 e. The molecule has 22 heavy (non-hydrogen) atoms. The van der Waals surface area contributed by atoms with E-state index >= 15 is 0 Å². The van der Waals surface area contributed by atoms with Crippen molar-refractivity contribution in [2.75, 3.05) is 31.1 Å². The van der Waals surface area contributed by atoms with Gasteiger partial charge in [0.05, 0.1) is 12.1 Å². The van der Waals surface area contributed by atoms with E-state index in [4.69, 9.17) is 4.74 Å². The number of halogens is 1. The Hall–Kier alpha value is -1.46. The summed E-state index contributed by atoms with van der Waals surface area (Å²) in [6, 6.07) is 6.58. The van der Waals surface area contributed by atoms with Crippen LogP contribution in [-0.4, -0.2) is 48.7 Å². The van der Waals surface area contributed by atoms with Crippen LogP contribution in [-0.2, 0) is 9.53 Å². The number of amides is 1. The van der Waals surface area contributed by atoms with Gasteiger partial charge in [-0.15, -0.1) is 0 Å². The van der Waals surface area contributed by atoms with E-state index in [2.05, 4.69) is 18.7 Å². The van der Waals surface area contributed by atoms with Gasteiger partial charge in [0.1, 0.15) is 12.4 Å². The molecule has 1 amide bonds. The summed E-state index contributed by atoms with van der Waals surface area (Å²) in [5, 5.41) is 0. The molecular weight excluding hydrogens is 283 g/mol. The van der Waals surface area contributed by atoms with Crippen LogP contribution in [0, 0.1) is 5.82 Å². The van der Waals surface area contributed by atoms with Crippen molar-refractivity contribution in [1.29, 1.82) is 0 Å². The van der Waals surface area contributed by atoms with E-state index in [-0.39, 0.29) is 23.9 Å². The summed E-state index contributed by atoms with van der Waals surface area (Å²) in [7, 11) is 0. The van der Waals surface area contributed by atoms with Crippen molar-refractivity contribution in [2.45, 2.75) is 38.3 Å². The predicted molar refractivity (Wildman–Crippen MR) is 83.4 cm³/mol. The average molecular weight is 306 g/mol. The van der Waals surface area contributed by atoms with E-state index in [1.54, 1.807) is 17.0 Å². The van der Waals surface area contributed by atoms with Crippen LogP contribution in [0.3, 0.4) is 0 Å². The second-order valence-electron chi connectivity index (χ2n) is 6.60. The van der Waals surface area contributed by atoms with Crippen LogP contribution in [0.4, 0.5) is 10.1 Å². The molecule has 120 valence electrons. The first-order valence-corrected chi connectivity index (χ1v) is 7.93. The van der Waals surface area contributed by atoms with Crippen molar-refractivity contribution in [1.82, 2.24) is 4.90 Å². The van der Waals surface area contributed by atoms with Gasteiger partial charge in [0.2, 0.25) is 0 Å². The van der Waals surface area contributed by atoms with Gasteiger partial charge in [-0.1, -0.05) is 0 Å². The highest BCUT2D eigenvalue weighted by molar-refractivity contribution is 5.95. The fourth-order valence-electron chi connectivity index (χ4n) is 3.39. The number of likely N-dealkylation sites (tertiary alicyclic amines) is 1. The predicted octanol–water partition coefficient (Wildman–Crippen LogP) is 2.43. The molecule has 2 heterocycles. The number of ether oxygens (including phenoxy) is 1. The molecule has 2 aliphatic heterocycles. The van der Waals surface area contributed by atoms with Crippen LogP contribution in [0.1, 0.15) is 26.7 Å². The maximum absolute atomic E-state index is 13.1. The average Bonchev–Trinajstić information content (AvgIpc) is 2.51. The molecule has 1 atom stereocenters. The monoisotopic (exact) mass is 306 g/mol. The van der Waals surface area contributed by atoms with Gasteiger partial charge in [0, 0.05) is 18.3 Å². The fourth-order valence-corrected chi connectivity index (χ4v) is 3.39. The highest BCUT2D eigenvalue weighted by Crippen LogP contribution is 2.32. The summed E-state index contributed by atoms with van der Waals surface area (Å²) in [6.07, 6.45) is 2.03. The molecule has 0 bridgehead atoms. The third-order valence-electron chi connectivity index (χ3n) is 4.69. The van der Waals surface area contributed by atoms with E-state index in [0.717, 1.165) is 31.6 Å². The Bertz CT molecular complexity index is 546. The number of anilines is 1. The van der Waals surface area contributed by atoms with Crippen molar-refractivity contribution in [3.63, 3.8) is 0 Å². The Labute approximate surface area is 130 Å². The summed E-state index contributed by atoms with van der Waals surface area (Å²) in [4.78, 5) is 16.4. The van der Waals surface area contributed by atoms with E-state index in [0.29, 0.717) is 12.6 Å². The van der Waals surface area contributed by atoms with Gasteiger partial charge < -0.3 is 9.64 Å². The maximum atomic E-state index is 13.1. The molecule has 1 aromatic carbocycles. The van der Waals surface area contributed by atoms with Crippen LogP contribution < -0.4 is 4.90 Å². The minimum Gasteiger partial charge on any atom is -0.362 e. The van der Waals surface area contributed by atoms with Gasteiger partial charge in [0.15, 0.2) is 0 Å². The number of nitrogens with zero attached hydrogens (tertiary/aromatic N) is 2. The number of carbonyl (C=O) groups excluding carboxylic acids is 1. The Balaban J connectivity index is 1.81. The molecule has 2 fully saturated rings. The van der Waals surface area contributed by atoms with Crippen molar-refractivity contribution in [3.05, 3.63) is 30.1 Å². The maximum Gasteiger partial charge on any atom is 0.253 e. The number of rotatable bonds is 2. The first-order chi connectivity index (χ1) is 10.5. The summed E-state index contributed by atoms with van der Waals surface area (Å²) < 4.78 is 19.1. The molecule has 0 saturated carbocycles. The second-order valence-corrected chi connectivity index (χ2v) is 6.60. The number of piperidine rings is 1. The van der Waals surface area contributed by atoms with Crippen LogP contribution in [0.5, 0.6) is 0 Å². The van der Waals surface area contributed by atoms with Crippen LogP contribution in [0.2, 0.25) is 0 Å². The highest BCUT2D eigenvalue weighted by atomic mass is 19.1. The summed E-state index contributed by atoms with van der Waals surface area (Å²) >= 11 is 0. The first-order valence-electron chi connectivity index (χ1n) is 7.93. The van der Waals surface area contributed by atoms with Crippen molar-refractivity contribution < 1.29 is 13.9 Å². The van der Waals surface area contributed by atoms with E-state index in [1.807, 2.05) is 0 Å². The molecule has 0 aromatic heterocycles. The molecule has 0 radical (unpaired) electrons. The lowest BCUT2D eigenvalue weighted by atomic mass is 9.89. The number of carbonyl (C=O) groups is 1. The topological polar surface area (TPSA) is 32.8 Å². The van der Waals surface area contributed by atoms with Crippen molar-refractivity contribution in [2.24, 2.45) is 0 Å². The molecule has 2 saturated heterocycles. The van der Waals surface area contributed by atoms with Crippen LogP contribution in [0.15, 0.2) is 24.3 Å². The molecule has 3 rings (SSSR count). The Kier molecular flexibility index (Phi) is 4.19. The third kappa shape index (κ3) is 3.01. The lowest BCUT2D eigenvalue weighted by Crippen LogP contribution is -2.62. The molecule has 4 nitrogen and oxygen atoms in total. The van der Waals surface area contributed by atoms with Gasteiger partial charge in [-0.2, -0.15) is 0 Å². The fraction of sp³-hybridized carbons (Fsp3) is 0.588. The summed E-state index contributed by atoms with van der Waals surface area (Å²) in [5.74, 6) is -0.346. The minimum absolute atomic E-state index is 0.0566. The van der Waals surface area contributed by atoms with Gasteiger partial charge >= 0.3 is 0 Å². The number of morpholine rings is 1. The molecule has 1 aromatic rings. The lowest BCUT2D eigenvalue weighted by molar-refractivity contribution is -0.147. The zero-order valence-electron chi connectivity index (χ0n) is 13.2. The molecule has 0 aliphatic carbocycles. The van der Waals surface area contributed by atoms with E-state index < -0.39 is 0 Å². The number of benzene rings is 1. The molecule has 5 heteroatoms. The SMILES string of the molecule is CC(C)N1CCCC2(CN(c3ccc(F)cc3)C(=O)CO2)C1. The van der Waals surface area contributed by atoms with Crippen LogP contribution in [0.25, 0.3) is 0 Å². The van der Waals surface area contributed by atoms with Gasteiger partial charge in [-0.25, -0.2) is 4.39 Å². The lowest BCUT2D eigenvalue weighted by Gasteiger charge is -2.48. The zero-order valence-corrected chi connectivity index (χ0v) is 13.2. The Morgan fingerprint density at radius 3 is 2.64 bits per heavy atom. The standard InChI is InChI=1S/C17H23FN2O2/c1-13(2)19-9-3-8-17(11-19)12-20(16(21)10-22-17)15-6-4-14(18)5-7-15/h4-7,13H,3,8-12H2,1-2H3. The molecular formula is C17H23FN2O2. The Morgan fingerprint density at radius 1 is 1.23 bits per heavy atom. The minimum atomic E-state index is -0.301. The number of hydrogen-bond donors (Lipinski definition) is 0. The highest BCUT2D eigenvalue weighted by Gasteiger charge is 2.43.